The Morgan fingerprint density at radius 2 is 2.10 bits per heavy atom. The minimum atomic E-state index is 0.518. The largest absolute Gasteiger partial charge is 0.381 e. The summed E-state index contributed by atoms with van der Waals surface area (Å²) in [5.41, 5.74) is 1.13. The van der Waals surface area contributed by atoms with E-state index in [0.29, 0.717) is 12.0 Å². The van der Waals surface area contributed by atoms with Crippen molar-refractivity contribution < 1.29 is 9.47 Å². The number of hydrogen-bond donors (Lipinski definition) is 0. The van der Waals surface area contributed by atoms with E-state index in [1.807, 2.05) is 19.2 Å². The van der Waals surface area contributed by atoms with Crippen LogP contribution in [-0.4, -0.2) is 60.4 Å². The molecule has 5 nitrogen and oxygen atoms in total. The molecule has 0 aliphatic carbocycles. The van der Waals surface area contributed by atoms with Gasteiger partial charge in [-0.15, -0.1) is 0 Å². The topological polar surface area (TPSA) is 47.5 Å². The minimum absolute atomic E-state index is 0.518. The molecule has 0 spiro atoms. The summed E-state index contributed by atoms with van der Waals surface area (Å²) in [5, 5.41) is 0. The van der Waals surface area contributed by atoms with Crippen molar-refractivity contribution in [3.8, 4) is 0 Å². The van der Waals surface area contributed by atoms with Gasteiger partial charge in [0.05, 0.1) is 13.2 Å². The maximum Gasteiger partial charge on any atom is 0.125 e. The molecule has 1 aromatic rings. The van der Waals surface area contributed by atoms with Crippen molar-refractivity contribution >= 4 is 0 Å². The van der Waals surface area contributed by atoms with E-state index in [4.69, 9.17) is 9.47 Å². The summed E-state index contributed by atoms with van der Waals surface area (Å²) in [5.74, 6) is 1.37. The molecule has 2 aliphatic heterocycles. The number of rotatable bonds is 3. The second-order valence-corrected chi connectivity index (χ2v) is 6.08. The molecule has 0 amide bonds. The Labute approximate surface area is 126 Å². The molecule has 3 rings (SSSR count). The van der Waals surface area contributed by atoms with Gasteiger partial charge < -0.3 is 9.47 Å². The monoisotopic (exact) mass is 291 g/mol. The second kappa shape index (κ2) is 7.29. The van der Waals surface area contributed by atoms with Gasteiger partial charge in [0.1, 0.15) is 5.82 Å². The second-order valence-electron chi connectivity index (χ2n) is 6.08. The van der Waals surface area contributed by atoms with Gasteiger partial charge in [0.2, 0.25) is 0 Å². The van der Waals surface area contributed by atoms with Gasteiger partial charge in [-0.3, -0.25) is 4.90 Å². The molecule has 2 saturated heterocycles. The SMILES string of the molecule is Cc1nccc(CC2COCCN(C3CCOCC3)C2)n1. The zero-order valence-corrected chi connectivity index (χ0v) is 12.8. The molecule has 5 heteroatoms. The number of aryl methyl sites for hydroxylation is 1. The van der Waals surface area contributed by atoms with Gasteiger partial charge in [-0.2, -0.15) is 0 Å². The van der Waals surface area contributed by atoms with Gasteiger partial charge in [-0.25, -0.2) is 9.97 Å². The van der Waals surface area contributed by atoms with Gasteiger partial charge in [0.25, 0.3) is 0 Å². The van der Waals surface area contributed by atoms with E-state index in [-0.39, 0.29) is 0 Å². The Morgan fingerprint density at radius 1 is 1.24 bits per heavy atom. The maximum absolute atomic E-state index is 5.81. The fourth-order valence-corrected chi connectivity index (χ4v) is 3.33. The number of hydrogen-bond acceptors (Lipinski definition) is 5. The van der Waals surface area contributed by atoms with Gasteiger partial charge in [0.15, 0.2) is 0 Å². The molecule has 2 fully saturated rings. The minimum Gasteiger partial charge on any atom is -0.381 e. The Morgan fingerprint density at radius 3 is 2.90 bits per heavy atom. The maximum atomic E-state index is 5.81. The average molecular weight is 291 g/mol. The third-order valence-electron chi connectivity index (χ3n) is 4.41. The fourth-order valence-electron chi connectivity index (χ4n) is 3.33. The van der Waals surface area contributed by atoms with Crippen LogP contribution >= 0.6 is 0 Å². The lowest BCUT2D eigenvalue weighted by Gasteiger charge is -2.34. The van der Waals surface area contributed by atoms with E-state index in [2.05, 4.69) is 14.9 Å². The van der Waals surface area contributed by atoms with Crippen LogP contribution < -0.4 is 0 Å². The molecular weight excluding hydrogens is 266 g/mol. The van der Waals surface area contributed by atoms with Gasteiger partial charge >= 0.3 is 0 Å². The quantitative estimate of drug-likeness (QED) is 0.843. The van der Waals surface area contributed by atoms with Crippen LogP contribution in [0.2, 0.25) is 0 Å². The summed E-state index contributed by atoms with van der Waals surface area (Å²) in [7, 11) is 0. The van der Waals surface area contributed by atoms with E-state index < -0.39 is 0 Å². The summed E-state index contributed by atoms with van der Waals surface area (Å²) in [6.45, 7) is 7.58. The fraction of sp³-hybridized carbons (Fsp3) is 0.750. The van der Waals surface area contributed by atoms with Crippen molar-refractivity contribution in [3.63, 3.8) is 0 Å². The van der Waals surface area contributed by atoms with E-state index in [1.165, 1.54) is 0 Å². The number of nitrogens with zero attached hydrogens (tertiary/aromatic N) is 3. The van der Waals surface area contributed by atoms with Crippen molar-refractivity contribution in [2.24, 2.45) is 5.92 Å². The number of aromatic nitrogens is 2. The van der Waals surface area contributed by atoms with Crippen LogP contribution in [0.3, 0.4) is 0 Å². The summed E-state index contributed by atoms with van der Waals surface area (Å²) < 4.78 is 11.3. The predicted molar refractivity (Wildman–Crippen MR) is 80.2 cm³/mol. The van der Waals surface area contributed by atoms with Gasteiger partial charge in [-0.05, 0) is 32.3 Å². The van der Waals surface area contributed by atoms with Gasteiger partial charge in [-0.1, -0.05) is 0 Å². The van der Waals surface area contributed by atoms with Gasteiger partial charge in [0, 0.05) is 50.2 Å². The number of ether oxygens (including phenoxy) is 2. The van der Waals surface area contributed by atoms with E-state index >= 15 is 0 Å². The molecule has 0 aromatic carbocycles. The average Bonchev–Trinajstić information content (AvgIpc) is 2.74. The van der Waals surface area contributed by atoms with Crippen LogP contribution in [0, 0.1) is 12.8 Å². The molecule has 0 radical (unpaired) electrons. The molecule has 116 valence electrons. The lowest BCUT2D eigenvalue weighted by atomic mass is 10.0. The Balaban J connectivity index is 1.61. The van der Waals surface area contributed by atoms with E-state index in [0.717, 1.165) is 70.3 Å². The Kier molecular flexibility index (Phi) is 5.17. The molecule has 2 aliphatic rings. The summed E-state index contributed by atoms with van der Waals surface area (Å²) >= 11 is 0. The normalized spacial score (nSPS) is 25.7. The summed E-state index contributed by atoms with van der Waals surface area (Å²) in [6.07, 6.45) is 5.13. The molecule has 0 bridgehead atoms. The van der Waals surface area contributed by atoms with Crippen molar-refractivity contribution in [1.82, 2.24) is 14.9 Å². The van der Waals surface area contributed by atoms with Crippen LogP contribution in [0.15, 0.2) is 12.3 Å². The molecular formula is C16H25N3O2. The van der Waals surface area contributed by atoms with Crippen molar-refractivity contribution in [2.75, 3.05) is 39.5 Å². The van der Waals surface area contributed by atoms with E-state index in [1.54, 1.807) is 0 Å². The van der Waals surface area contributed by atoms with Crippen LogP contribution in [0.1, 0.15) is 24.4 Å². The lowest BCUT2D eigenvalue weighted by Crippen LogP contribution is -2.42. The molecule has 0 saturated carbocycles. The first kappa shape index (κ1) is 14.9. The highest BCUT2D eigenvalue weighted by Crippen LogP contribution is 2.19. The highest BCUT2D eigenvalue weighted by Gasteiger charge is 2.26. The zero-order chi connectivity index (χ0) is 14.5. The first-order valence-electron chi connectivity index (χ1n) is 7.99. The first-order chi connectivity index (χ1) is 10.3. The first-order valence-corrected chi connectivity index (χ1v) is 7.99. The van der Waals surface area contributed by atoms with Crippen LogP contribution in [-0.2, 0) is 15.9 Å². The van der Waals surface area contributed by atoms with Crippen LogP contribution in [0.25, 0.3) is 0 Å². The van der Waals surface area contributed by atoms with Crippen molar-refractivity contribution in [1.29, 1.82) is 0 Å². The third kappa shape index (κ3) is 4.22. The third-order valence-corrected chi connectivity index (χ3v) is 4.41. The molecule has 1 atom stereocenters. The summed E-state index contributed by atoms with van der Waals surface area (Å²) in [6, 6.07) is 2.69. The highest BCUT2D eigenvalue weighted by molar-refractivity contribution is 5.03. The lowest BCUT2D eigenvalue weighted by molar-refractivity contribution is 0.0308. The molecule has 0 N–H and O–H groups in total. The smallest absolute Gasteiger partial charge is 0.125 e. The Bertz CT molecular complexity index is 449. The van der Waals surface area contributed by atoms with Crippen LogP contribution in [0.5, 0.6) is 0 Å². The summed E-state index contributed by atoms with van der Waals surface area (Å²) in [4.78, 5) is 11.3. The van der Waals surface area contributed by atoms with Crippen molar-refractivity contribution in [2.45, 2.75) is 32.2 Å². The molecule has 1 unspecified atom stereocenters. The molecule has 3 heterocycles. The zero-order valence-electron chi connectivity index (χ0n) is 12.8. The predicted octanol–water partition coefficient (Wildman–Crippen LogP) is 1.45. The molecule has 21 heavy (non-hydrogen) atoms. The Hall–Kier alpha value is -1.04. The van der Waals surface area contributed by atoms with E-state index in [9.17, 15) is 0 Å². The van der Waals surface area contributed by atoms with Crippen molar-refractivity contribution in [3.05, 3.63) is 23.8 Å². The molecule has 1 aromatic heterocycles. The highest BCUT2D eigenvalue weighted by atomic mass is 16.5. The standard InChI is InChI=1S/C16H25N3O2/c1-13-17-5-2-15(18-13)10-14-11-19(6-9-21-12-14)16-3-7-20-8-4-16/h2,5,14,16H,3-4,6-12H2,1H3. The van der Waals surface area contributed by atoms with Crippen LogP contribution in [0.4, 0.5) is 0 Å².